The highest BCUT2D eigenvalue weighted by Crippen LogP contribution is 2.14. The summed E-state index contributed by atoms with van der Waals surface area (Å²) in [5, 5.41) is 20.3. The molecule has 0 unspecified atom stereocenters. The molecule has 0 fully saturated rings. The third-order valence-electron chi connectivity index (χ3n) is 4.23. The normalized spacial score (nSPS) is 13.8. The van der Waals surface area contributed by atoms with Gasteiger partial charge in [0.15, 0.2) is 5.82 Å². The van der Waals surface area contributed by atoms with Crippen molar-refractivity contribution in [3.8, 4) is 0 Å². The number of amides is 1. The molecule has 1 aromatic carbocycles. The second kappa shape index (κ2) is 7.25. The average molecular weight is 328 g/mol. The van der Waals surface area contributed by atoms with Crippen LogP contribution >= 0.6 is 0 Å². The largest absolute Gasteiger partial charge is 0.478 e. The molecule has 7 heteroatoms. The number of hydrogen-bond donors (Lipinski definition) is 2. The van der Waals surface area contributed by atoms with Crippen LogP contribution in [0.1, 0.15) is 46.8 Å². The quantitative estimate of drug-likeness (QED) is 0.868. The number of nitrogens with zero attached hydrogens (tertiary/aromatic N) is 3. The summed E-state index contributed by atoms with van der Waals surface area (Å²) in [6.45, 7) is 1.19. The first-order valence-corrected chi connectivity index (χ1v) is 8.14. The molecule has 1 aromatic heterocycles. The van der Waals surface area contributed by atoms with Gasteiger partial charge in [0.1, 0.15) is 5.82 Å². The van der Waals surface area contributed by atoms with Gasteiger partial charge in [0.05, 0.1) is 18.5 Å². The predicted octanol–water partition coefficient (Wildman–Crippen LogP) is 1.56. The van der Waals surface area contributed by atoms with Gasteiger partial charge in [0.2, 0.25) is 5.91 Å². The molecule has 0 atom stereocenters. The van der Waals surface area contributed by atoms with Crippen LogP contribution in [0.25, 0.3) is 0 Å². The van der Waals surface area contributed by atoms with Crippen LogP contribution in [-0.4, -0.2) is 31.7 Å². The molecular weight excluding hydrogens is 308 g/mol. The predicted molar refractivity (Wildman–Crippen MR) is 86.5 cm³/mol. The van der Waals surface area contributed by atoms with E-state index < -0.39 is 5.97 Å². The Morgan fingerprint density at radius 1 is 1.17 bits per heavy atom. The van der Waals surface area contributed by atoms with Crippen molar-refractivity contribution in [1.29, 1.82) is 0 Å². The number of aromatic carboxylic acids is 1. The fourth-order valence-corrected chi connectivity index (χ4v) is 2.97. The molecule has 24 heavy (non-hydrogen) atoms. The monoisotopic (exact) mass is 328 g/mol. The van der Waals surface area contributed by atoms with Crippen molar-refractivity contribution < 1.29 is 14.7 Å². The van der Waals surface area contributed by atoms with E-state index in [0.29, 0.717) is 12.1 Å². The molecule has 1 amide bonds. The standard InChI is InChI=1S/C17H20N4O3/c22-16(10-12-6-3-4-7-13(12)17(23)24)18-11-15-20-19-14-8-2-1-5-9-21(14)15/h3-4,6-7H,1-2,5,8-11H2,(H,18,22)(H,23,24). The molecule has 1 aliphatic rings. The minimum Gasteiger partial charge on any atom is -0.478 e. The Balaban J connectivity index is 1.63. The summed E-state index contributed by atoms with van der Waals surface area (Å²) in [6.07, 6.45) is 4.35. The Labute approximate surface area is 139 Å². The highest BCUT2D eigenvalue weighted by molar-refractivity contribution is 5.91. The van der Waals surface area contributed by atoms with E-state index in [4.69, 9.17) is 5.11 Å². The number of carboxylic acid groups (broad SMARTS) is 1. The Morgan fingerprint density at radius 2 is 2.00 bits per heavy atom. The van der Waals surface area contributed by atoms with E-state index in [-0.39, 0.29) is 17.9 Å². The summed E-state index contributed by atoms with van der Waals surface area (Å²) in [7, 11) is 0. The molecule has 126 valence electrons. The van der Waals surface area contributed by atoms with E-state index in [1.807, 2.05) is 0 Å². The Bertz CT molecular complexity index is 754. The summed E-state index contributed by atoms with van der Waals surface area (Å²) >= 11 is 0. The fraction of sp³-hybridized carbons (Fsp3) is 0.412. The second-order valence-electron chi connectivity index (χ2n) is 5.91. The molecule has 2 aromatic rings. The molecule has 2 heterocycles. The van der Waals surface area contributed by atoms with E-state index in [1.54, 1.807) is 18.2 Å². The van der Waals surface area contributed by atoms with Gasteiger partial charge in [0, 0.05) is 13.0 Å². The van der Waals surface area contributed by atoms with Crippen LogP contribution in [0, 0.1) is 0 Å². The van der Waals surface area contributed by atoms with Gasteiger partial charge < -0.3 is 15.0 Å². The Kier molecular flexibility index (Phi) is 4.88. The van der Waals surface area contributed by atoms with E-state index in [0.717, 1.165) is 37.5 Å². The lowest BCUT2D eigenvalue weighted by molar-refractivity contribution is -0.120. The van der Waals surface area contributed by atoms with Crippen LogP contribution in [0.3, 0.4) is 0 Å². The lowest BCUT2D eigenvalue weighted by atomic mass is 10.0. The summed E-state index contributed by atoms with van der Waals surface area (Å²) in [5.41, 5.74) is 0.659. The maximum atomic E-state index is 12.2. The minimum atomic E-state index is -1.03. The van der Waals surface area contributed by atoms with Crippen molar-refractivity contribution in [3.63, 3.8) is 0 Å². The smallest absolute Gasteiger partial charge is 0.335 e. The number of carboxylic acids is 1. The summed E-state index contributed by atoms with van der Waals surface area (Å²) < 4.78 is 2.08. The van der Waals surface area contributed by atoms with Crippen molar-refractivity contribution in [2.24, 2.45) is 0 Å². The van der Waals surface area contributed by atoms with Crippen LogP contribution in [-0.2, 0) is 30.7 Å². The van der Waals surface area contributed by atoms with Crippen LogP contribution in [0.15, 0.2) is 24.3 Å². The lowest BCUT2D eigenvalue weighted by Gasteiger charge is -2.09. The zero-order valence-electron chi connectivity index (χ0n) is 13.4. The van der Waals surface area contributed by atoms with Crippen molar-refractivity contribution in [2.45, 2.75) is 45.2 Å². The van der Waals surface area contributed by atoms with Gasteiger partial charge >= 0.3 is 5.97 Å². The number of aryl methyl sites for hydroxylation is 1. The number of fused-ring (bicyclic) bond motifs is 1. The molecule has 0 saturated carbocycles. The third kappa shape index (κ3) is 3.61. The zero-order valence-corrected chi connectivity index (χ0v) is 13.4. The zero-order chi connectivity index (χ0) is 16.9. The third-order valence-corrected chi connectivity index (χ3v) is 4.23. The van der Waals surface area contributed by atoms with E-state index in [9.17, 15) is 9.59 Å². The van der Waals surface area contributed by atoms with Crippen LogP contribution in [0.4, 0.5) is 0 Å². The molecule has 0 radical (unpaired) electrons. The van der Waals surface area contributed by atoms with Gasteiger partial charge in [-0.1, -0.05) is 24.6 Å². The topological polar surface area (TPSA) is 97.1 Å². The molecule has 0 aliphatic carbocycles. The maximum absolute atomic E-state index is 12.2. The number of carbonyl (C=O) groups excluding carboxylic acids is 1. The molecule has 1 aliphatic heterocycles. The first-order chi connectivity index (χ1) is 11.6. The average Bonchev–Trinajstić information content (AvgIpc) is 2.80. The number of rotatable bonds is 5. The van der Waals surface area contributed by atoms with Crippen molar-refractivity contribution >= 4 is 11.9 Å². The molecule has 2 N–H and O–H groups in total. The molecule has 0 bridgehead atoms. The van der Waals surface area contributed by atoms with Gasteiger partial charge in [0.25, 0.3) is 0 Å². The van der Waals surface area contributed by atoms with Gasteiger partial charge in [-0.3, -0.25) is 4.79 Å². The Morgan fingerprint density at radius 3 is 2.83 bits per heavy atom. The van der Waals surface area contributed by atoms with Gasteiger partial charge in [-0.2, -0.15) is 0 Å². The molecule has 0 saturated heterocycles. The number of benzene rings is 1. The van der Waals surface area contributed by atoms with Crippen molar-refractivity contribution in [3.05, 3.63) is 47.0 Å². The summed E-state index contributed by atoms with van der Waals surface area (Å²) in [6, 6.07) is 6.54. The molecule has 7 nitrogen and oxygen atoms in total. The summed E-state index contributed by atoms with van der Waals surface area (Å²) in [4.78, 5) is 23.3. The van der Waals surface area contributed by atoms with E-state index >= 15 is 0 Å². The van der Waals surface area contributed by atoms with Crippen LogP contribution in [0.5, 0.6) is 0 Å². The molecule has 0 spiro atoms. The molecular formula is C17H20N4O3. The summed E-state index contributed by atoms with van der Waals surface area (Å²) in [5.74, 6) is 0.482. The van der Waals surface area contributed by atoms with Crippen molar-refractivity contribution in [2.75, 3.05) is 0 Å². The van der Waals surface area contributed by atoms with Gasteiger partial charge in [-0.05, 0) is 24.5 Å². The lowest BCUT2D eigenvalue weighted by Crippen LogP contribution is -2.27. The first-order valence-electron chi connectivity index (χ1n) is 8.14. The number of aromatic nitrogens is 3. The van der Waals surface area contributed by atoms with Gasteiger partial charge in [-0.15, -0.1) is 10.2 Å². The SMILES string of the molecule is O=C(Cc1ccccc1C(=O)O)NCc1nnc2n1CCCCC2. The Hall–Kier alpha value is -2.70. The molecule has 3 rings (SSSR count). The maximum Gasteiger partial charge on any atom is 0.335 e. The number of hydrogen-bond acceptors (Lipinski definition) is 4. The highest BCUT2D eigenvalue weighted by Gasteiger charge is 2.16. The van der Waals surface area contributed by atoms with Crippen LogP contribution in [0.2, 0.25) is 0 Å². The van der Waals surface area contributed by atoms with Crippen molar-refractivity contribution in [1.82, 2.24) is 20.1 Å². The highest BCUT2D eigenvalue weighted by atomic mass is 16.4. The van der Waals surface area contributed by atoms with Gasteiger partial charge in [-0.25, -0.2) is 4.79 Å². The number of carbonyl (C=O) groups is 2. The fourth-order valence-electron chi connectivity index (χ4n) is 2.97. The second-order valence-corrected chi connectivity index (χ2v) is 5.91. The van der Waals surface area contributed by atoms with E-state index in [1.165, 1.54) is 12.5 Å². The first kappa shape index (κ1) is 16.2. The minimum absolute atomic E-state index is 0.0312. The van der Waals surface area contributed by atoms with E-state index in [2.05, 4.69) is 20.1 Å². The van der Waals surface area contributed by atoms with Crippen LogP contribution < -0.4 is 5.32 Å². The number of nitrogens with one attached hydrogen (secondary N) is 1.